The molecule has 1 aromatic carbocycles. The number of hydrogen-bond donors (Lipinski definition) is 3. The van der Waals surface area contributed by atoms with Crippen molar-refractivity contribution in [1.82, 2.24) is 15.8 Å². The number of nitrogens with one attached hydrogen (secondary N) is 2. The molecule has 0 aliphatic heterocycles. The molecule has 2 rings (SSSR count). The molecule has 1 saturated carbocycles. The summed E-state index contributed by atoms with van der Waals surface area (Å²) in [5, 5.41) is 9.83. The van der Waals surface area contributed by atoms with E-state index in [9.17, 15) is 9.90 Å². The van der Waals surface area contributed by atoms with E-state index in [4.69, 9.17) is 9.47 Å². The van der Waals surface area contributed by atoms with E-state index < -0.39 is 5.60 Å². The topological polar surface area (TPSA) is 83.1 Å². The van der Waals surface area contributed by atoms with Gasteiger partial charge in [0.2, 0.25) is 5.91 Å². The van der Waals surface area contributed by atoms with Crippen molar-refractivity contribution in [2.75, 3.05) is 33.0 Å². The molecule has 1 aromatic rings. The summed E-state index contributed by atoms with van der Waals surface area (Å²) in [5.74, 6) is 0.893. The Kier molecular flexibility index (Phi) is 8.89. The van der Waals surface area contributed by atoms with Crippen LogP contribution in [0.3, 0.4) is 0 Å². The largest absolute Gasteiger partial charge is 0.491 e. The van der Waals surface area contributed by atoms with Gasteiger partial charge in [0.25, 0.3) is 0 Å². The summed E-state index contributed by atoms with van der Waals surface area (Å²) < 4.78 is 11.3. The normalized spacial score (nSPS) is 15.2. The molecular formula is C22H37N3O4. The molecule has 1 aliphatic carbocycles. The maximum absolute atomic E-state index is 11.7. The number of nitrogens with zero attached hydrogens (tertiary/aromatic N) is 1. The van der Waals surface area contributed by atoms with Gasteiger partial charge in [-0.15, -0.1) is 0 Å². The van der Waals surface area contributed by atoms with E-state index in [2.05, 4.69) is 16.9 Å². The average molecular weight is 408 g/mol. The number of ether oxygens (including phenoxy) is 2. The highest BCUT2D eigenvalue weighted by Gasteiger charge is 2.44. The molecule has 1 aliphatic rings. The van der Waals surface area contributed by atoms with Crippen molar-refractivity contribution >= 4 is 5.91 Å². The van der Waals surface area contributed by atoms with Crippen molar-refractivity contribution in [3.63, 3.8) is 0 Å². The molecule has 1 amide bonds. The van der Waals surface area contributed by atoms with Gasteiger partial charge < -0.3 is 19.5 Å². The quantitative estimate of drug-likeness (QED) is 0.250. The molecule has 1 fully saturated rings. The third kappa shape index (κ3) is 7.93. The fraction of sp³-hybridized carbons (Fsp3) is 0.682. The third-order valence-corrected chi connectivity index (χ3v) is 4.93. The Morgan fingerprint density at radius 1 is 1.31 bits per heavy atom. The highest BCUT2D eigenvalue weighted by molar-refractivity contribution is 5.75. The zero-order valence-electron chi connectivity index (χ0n) is 18.3. The highest BCUT2D eigenvalue weighted by atomic mass is 16.5. The first-order valence-electron chi connectivity index (χ1n) is 10.6. The van der Waals surface area contributed by atoms with Crippen LogP contribution in [0.25, 0.3) is 0 Å². The molecule has 0 spiro atoms. The van der Waals surface area contributed by atoms with Gasteiger partial charge in [-0.1, -0.05) is 19.1 Å². The molecule has 0 bridgehead atoms. The van der Waals surface area contributed by atoms with Crippen molar-refractivity contribution in [2.24, 2.45) is 0 Å². The van der Waals surface area contributed by atoms with E-state index in [1.165, 1.54) is 5.56 Å². The van der Waals surface area contributed by atoms with Gasteiger partial charge in [-0.3, -0.25) is 10.2 Å². The molecule has 0 unspecified atom stereocenters. The lowest BCUT2D eigenvalue weighted by Crippen LogP contribution is -2.41. The van der Waals surface area contributed by atoms with Gasteiger partial charge in [0, 0.05) is 19.5 Å². The Morgan fingerprint density at radius 2 is 2.07 bits per heavy atom. The van der Waals surface area contributed by atoms with E-state index >= 15 is 0 Å². The Bertz CT molecular complexity index is 641. The third-order valence-electron chi connectivity index (χ3n) is 4.93. The van der Waals surface area contributed by atoms with Crippen LogP contribution in [0.15, 0.2) is 24.3 Å². The van der Waals surface area contributed by atoms with Crippen LogP contribution >= 0.6 is 0 Å². The van der Waals surface area contributed by atoms with Crippen LogP contribution < -0.4 is 15.6 Å². The number of hydrogen-bond acceptors (Lipinski definition) is 6. The minimum absolute atomic E-state index is 0.0541. The van der Waals surface area contributed by atoms with Gasteiger partial charge >= 0.3 is 0 Å². The zero-order chi connectivity index (χ0) is 21.3. The van der Waals surface area contributed by atoms with Crippen molar-refractivity contribution in [3.8, 4) is 5.75 Å². The fourth-order valence-electron chi connectivity index (χ4n) is 2.99. The first-order chi connectivity index (χ1) is 13.8. The van der Waals surface area contributed by atoms with Gasteiger partial charge in [0.1, 0.15) is 19.1 Å². The molecule has 0 atom stereocenters. The molecule has 0 heterocycles. The number of aliphatic hydroxyl groups is 1. The van der Waals surface area contributed by atoms with Gasteiger partial charge in [-0.05, 0) is 57.7 Å². The average Bonchev–Trinajstić information content (AvgIpc) is 3.49. The van der Waals surface area contributed by atoms with Crippen LogP contribution in [0.5, 0.6) is 5.75 Å². The number of hydrazine groups is 1. The summed E-state index contributed by atoms with van der Waals surface area (Å²) in [4.78, 5) is 13.4. The van der Waals surface area contributed by atoms with Gasteiger partial charge in [-0.25, -0.2) is 5.43 Å². The minimum Gasteiger partial charge on any atom is -0.491 e. The maximum Gasteiger partial charge on any atom is 0.224 e. The van der Waals surface area contributed by atoms with Crippen LogP contribution in [-0.2, 0) is 15.1 Å². The summed E-state index contributed by atoms with van der Waals surface area (Å²) in [6.07, 6.45) is 3.50. The second-order valence-electron chi connectivity index (χ2n) is 8.26. The zero-order valence-corrected chi connectivity index (χ0v) is 18.3. The maximum atomic E-state index is 11.7. The van der Waals surface area contributed by atoms with Crippen LogP contribution in [-0.4, -0.2) is 54.5 Å². The summed E-state index contributed by atoms with van der Waals surface area (Å²) in [7, 11) is 0. The number of carbonyl (C=O) groups is 1. The molecule has 0 saturated heterocycles. The standard InChI is InChI=1S/C22H37N3O4/c1-5-20(26)25(6-2)17-28-14-8-13-23-24-22(11-12-22)18-9-7-10-19(15-18)29-16-21(3,4)27/h7,9-10,15,23-24,27H,5-6,8,11-14,16-17H2,1-4H3. The summed E-state index contributed by atoms with van der Waals surface area (Å²) in [5.41, 5.74) is 7.03. The molecule has 29 heavy (non-hydrogen) atoms. The van der Waals surface area contributed by atoms with Gasteiger partial charge in [-0.2, -0.15) is 0 Å². The van der Waals surface area contributed by atoms with Crippen molar-refractivity contribution in [2.45, 2.75) is 64.5 Å². The lowest BCUT2D eigenvalue weighted by molar-refractivity contribution is -0.136. The monoisotopic (exact) mass is 407 g/mol. The Morgan fingerprint density at radius 3 is 2.69 bits per heavy atom. The number of carbonyl (C=O) groups excluding carboxylic acids is 1. The first kappa shape index (κ1) is 23.6. The predicted octanol–water partition coefficient (Wildman–Crippen LogP) is 2.54. The lowest BCUT2D eigenvalue weighted by atomic mass is 10.1. The molecular weight excluding hydrogens is 370 g/mol. The van der Waals surface area contributed by atoms with Crippen molar-refractivity contribution in [3.05, 3.63) is 29.8 Å². The molecule has 0 radical (unpaired) electrons. The van der Waals surface area contributed by atoms with Crippen LogP contribution in [0.4, 0.5) is 0 Å². The SMILES string of the molecule is CCC(=O)N(CC)COCCCNNC1(c2cccc(OCC(C)(C)O)c2)CC1. The van der Waals surface area contributed by atoms with E-state index in [1.807, 2.05) is 32.0 Å². The minimum atomic E-state index is -0.854. The molecule has 7 heteroatoms. The predicted molar refractivity (Wildman–Crippen MR) is 113 cm³/mol. The smallest absolute Gasteiger partial charge is 0.224 e. The summed E-state index contributed by atoms with van der Waals surface area (Å²) >= 11 is 0. The van der Waals surface area contributed by atoms with Crippen LogP contribution in [0.1, 0.15) is 58.9 Å². The van der Waals surface area contributed by atoms with E-state index in [0.717, 1.165) is 31.6 Å². The van der Waals surface area contributed by atoms with E-state index in [1.54, 1.807) is 18.7 Å². The highest BCUT2D eigenvalue weighted by Crippen LogP contribution is 2.45. The van der Waals surface area contributed by atoms with Gasteiger partial charge in [0.15, 0.2) is 0 Å². The number of amides is 1. The Balaban J connectivity index is 1.68. The van der Waals surface area contributed by atoms with Crippen LogP contribution in [0, 0.1) is 0 Å². The van der Waals surface area contributed by atoms with Crippen molar-refractivity contribution < 1.29 is 19.4 Å². The second kappa shape index (κ2) is 10.9. The van der Waals surface area contributed by atoms with E-state index in [0.29, 0.717) is 26.3 Å². The Hall–Kier alpha value is -1.67. The molecule has 164 valence electrons. The molecule has 0 aromatic heterocycles. The number of benzene rings is 1. The summed E-state index contributed by atoms with van der Waals surface area (Å²) in [6.45, 7) is 9.97. The summed E-state index contributed by atoms with van der Waals surface area (Å²) in [6, 6.07) is 8.05. The lowest BCUT2D eigenvalue weighted by Gasteiger charge is -2.22. The molecule has 3 N–H and O–H groups in total. The van der Waals surface area contributed by atoms with E-state index in [-0.39, 0.29) is 18.1 Å². The molecule has 7 nitrogen and oxygen atoms in total. The fourth-order valence-corrected chi connectivity index (χ4v) is 2.99. The van der Waals surface area contributed by atoms with Crippen molar-refractivity contribution in [1.29, 1.82) is 0 Å². The Labute approximate surface area is 174 Å². The second-order valence-corrected chi connectivity index (χ2v) is 8.26. The number of rotatable bonds is 14. The first-order valence-corrected chi connectivity index (χ1v) is 10.6. The van der Waals surface area contributed by atoms with Crippen LogP contribution in [0.2, 0.25) is 0 Å². The van der Waals surface area contributed by atoms with Gasteiger partial charge in [0.05, 0.1) is 17.7 Å².